The maximum absolute atomic E-state index is 12.8. The maximum Gasteiger partial charge on any atom is 0.254 e. The molecule has 1 aromatic heterocycles. The molecule has 2 saturated heterocycles. The van der Waals surface area contributed by atoms with Crippen molar-refractivity contribution >= 4 is 23.3 Å². The Morgan fingerprint density at radius 2 is 1.68 bits per heavy atom. The normalized spacial score (nSPS) is 17.4. The molecule has 0 N–H and O–H groups in total. The molecular formula is C22H26N4O2. The molecule has 146 valence electrons. The van der Waals surface area contributed by atoms with E-state index in [-0.39, 0.29) is 18.4 Å². The number of pyridine rings is 1. The Morgan fingerprint density at radius 3 is 2.36 bits per heavy atom. The highest BCUT2D eigenvalue weighted by Gasteiger charge is 2.27. The average molecular weight is 378 g/mol. The molecule has 6 heteroatoms. The van der Waals surface area contributed by atoms with Crippen molar-refractivity contribution in [3.63, 3.8) is 0 Å². The monoisotopic (exact) mass is 378 g/mol. The smallest absolute Gasteiger partial charge is 0.254 e. The van der Waals surface area contributed by atoms with Crippen LogP contribution in [0.2, 0.25) is 0 Å². The lowest BCUT2D eigenvalue weighted by atomic mass is 10.1. The Balaban J connectivity index is 1.49. The molecule has 0 atom stereocenters. The second-order valence-electron chi connectivity index (χ2n) is 7.71. The van der Waals surface area contributed by atoms with E-state index in [2.05, 4.69) is 11.1 Å². The van der Waals surface area contributed by atoms with Crippen molar-refractivity contribution in [2.75, 3.05) is 42.5 Å². The van der Waals surface area contributed by atoms with Crippen LogP contribution in [-0.2, 0) is 4.79 Å². The zero-order valence-electron chi connectivity index (χ0n) is 16.5. The Morgan fingerprint density at radius 1 is 0.964 bits per heavy atom. The maximum atomic E-state index is 12.8. The third-order valence-electron chi connectivity index (χ3n) is 5.45. The number of rotatable bonds is 3. The largest absolute Gasteiger partial charge is 0.345 e. The summed E-state index contributed by atoms with van der Waals surface area (Å²) >= 11 is 0. The van der Waals surface area contributed by atoms with Crippen LogP contribution in [0.1, 0.15) is 34.3 Å². The molecule has 3 heterocycles. The van der Waals surface area contributed by atoms with Gasteiger partial charge >= 0.3 is 0 Å². The molecule has 0 spiro atoms. The summed E-state index contributed by atoms with van der Waals surface area (Å²) < 4.78 is 0. The van der Waals surface area contributed by atoms with Crippen molar-refractivity contribution in [2.45, 2.75) is 26.7 Å². The van der Waals surface area contributed by atoms with E-state index >= 15 is 0 Å². The van der Waals surface area contributed by atoms with Gasteiger partial charge in [-0.05, 0) is 62.1 Å². The summed E-state index contributed by atoms with van der Waals surface area (Å²) in [6.07, 6.45) is 3.80. The fraction of sp³-hybridized carbons (Fsp3) is 0.409. The van der Waals surface area contributed by atoms with Crippen LogP contribution in [0.3, 0.4) is 0 Å². The van der Waals surface area contributed by atoms with Crippen LogP contribution in [0.25, 0.3) is 0 Å². The fourth-order valence-electron chi connectivity index (χ4n) is 4.08. The second-order valence-corrected chi connectivity index (χ2v) is 7.71. The lowest BCUT2D eigenvalue weighted by Crippen LogP contribution is -2.51. The molecule has 0 aliphatic carbocycles. The predicted octanol–water partition coefficient (Wildman–Crippen LogP) is 2.79. The average Bonchev–Trinajstić information content (AvgIpc) is 3.21. The van der Waals surface area contributed by atoms with Gasteiger partial charge in [-0.2, -0.15) is 0 Å². The van der Waals surface area contributed by atoms with E-state index in [0.717, 1.165) is 42.7 Å². The van der Waals surface area contributed by atoms with E-state index < -0.39 is 0 Å². The number of hydrogen-bond donors (Lipinski definition) is 0. The molecule has 2 amide bonds. The van der Waals surface area contributed by atoms with E-state index in [0.29, 0.717) is 24.5 Å². The number of anilines is 2. The summed E-state index contributed by atoms with van der Waals surface area (Å²) in [4.78, 5) is 35.6. The van der Waals surface area contributed by atoms with Crippen LogP contribution in [-0.4, -0.2) is 54.4 Å². The molecule has 2 aliphatic rings. The summed E-state index contributed by atoms with van der Waals surface area (Å²) in [6.45, 7) is 7.29. The third kappa shape index (κ3) is 3.72. The Labute approximate surface area is 165 Å². The number of piperazine rings is 1. The molecule has 4 rings (SSSR count). The summed E-state index contributed by atoms with van der Waals surface area (Å²) in [7, 11) is 0. The minimum Gasteiger partial charge on any atom is -0.345 e. The van der Waals surface area contributed by atoms with Crippen molar-refractivity contribution in [2.24, 2.45) is 0 Å². The van der Waals surface area contributed by atoms with Gasteiger partial charge in [0.2, 0.25) is 5.91 Å². The van der Waals surface area contributed by atoms with Crippen LogP contribution in [0.15, 0.2) is 36.5 Å². The van der Waals surface area contributed by atoms with E-state index in [1.807, 2.05) is 46.7 Å². The first-order chi connectivity index (χ1) is 13.5. The number of nitrogens with zero attached hydrogens (tertiary/aromatic N) is 4. The molecule has 0 bridgehead atoms. The molecule has 0 saturated carbocycles. The molecule has 6 nitrogen and oxygen atoms in total. The Kier molecular flexibility index (Phi) is 5.03. The van der Waals surface area contributed by atoms with Crippen molar-refractivity contribution in [1.82, 2.24) is 9.88 Å². The topological polar surface area (TPSA) is 56.8 Å². The third-order valence-corrected chi connectivity index (χ3v) is 5.45. The van der Waals surface area contributed by atoms with E-state index in [4.69, 9.17) is 0 Å². The zero-order valence-corrected chi connectivity index (χ0v) is 16.5. The van der Waals surface area contributed by atoms with E-state index in [1.54, 1.807) is 12.3 Å². The lowest BCUT2D eigenvalue weighted by Gasteiger charge is -2.35. The summed E-state index contributed by atoms with van der Waals surface area (Å²) in [5, 5.41) is 0. The number of benzene rings is 1. The van der Waals surface area contributed by atoms with E-state index in [1.165, 1.54) is 0 Å². The zero-order chi connectivity index (χ0) is 19.7. The fourth-order valence-corrected chi connectivity index (χ4v) is 4.08. The molecule has 2 aromatic rings. The number of carbonyl (C=O) groups is 2. The molecule has 2 aliphatic heterocycles. The second kappa shape index (κ2) is 7.62. The van der Waals surface area contributed by atoms with E-state index in [9.17, 15) is 9.59 Å². The minimum absolute atomic E-state index is 0.0503. The van der Waals surface area contributed by atoms with Gasteiger partial charge in [0.15, 0.2) is 0 Å². The molecule has 1 aromatic carbocycles. The predicted molar refractivity (Wildman–Crippen MR) is 110 cm³/mol. The molecule has 28 heavy (non-hydrogen) atoms. The van der Waals surface area contributed by atoms with Gasteiger partial charge in [0.05, 0.1) is 6.54 Å². The highest BCUT2D eigenvalue weighted by molar-refractivity contribution is 5.98. The number of hydrogen-bond acceptors (Lipinski definition) is 4. The molecule has 2 fully saturated rings. The summed E-state index contributed by atoms with van der Waals surface area (Å²) in [6, 6.07) is 9.79. The number of amides is 2. The lowest BCUT2D eigenvalue weighted by molar-refractivity contribution is -0.117. The number of carbonyl (C=O) groups excluding carboxylic acids is 2. The quantitative estimate of drug-likeness (QED) is 0.824. The highest BCUT2D eigenvalue weighted by Crippen LogP contribution is 2.23. The Hall–Kier alpha value is -2.89. The van der Waals surface area contributed by atoms with Gasteiger partial charge in [-0.25, -0.2) is 4.98 Å². The van der Waals surface area contributed by atoms with Gasteiger partial charge < -0.3 is 14.7 Å². The molecule has 0 radical (unpaired) electrons. The SMILES string of the molecule is Cc1cc(C)cc(N2CCN(c3cc(C(=O)N4CCCC4)ccn3)CC2=O)c1. The first-order valence-corrected chi connectivity index (χ1v) is 9.90. The van der Waals surface area contributed by atoms with Gasteiger partial charge in [0, 0.05) is 43.6 Å². The molecular weight excluding hydrogens is 352 g/mol. The van der Waals surface area contributed by atoms with Gasteiger partial charge in [0.1, 0.15) is 5.82 Å². The van der Waals surface area contributed by atoms with Crippen LogP contribution in [0.4, 0.5) is 11.5 Å². The van der Waals surface area contributed by atoms with Crippen molar-refractivity contribution in [3.05, 3.63) is 53.2 Å². The first-order valence-electron chi connectivity index (χ1n) is 9.90. The number of aryl methyl sites for hydroxylation is 2. The van der Waals surface area contributed by atoms with Crippen LogP contribution < -0.4 is 9.80 Å². The van der Waals surface area contributed by atoms with Gasteiger partial charge in [-0.15, -0.1) is 0 Å². The number of aromatic nitrogens is 1. The molecule has 0 unspecified atom stereocenters. The standard InChI is InChI=1S/C22H26N4O2/c1-16-11-17(2)13-19(12-16)26-10-9-25(15-21(26)27)20-14-18(5-6-23-20)22(28)24-7-3-4-8-24/h5-6,11-14H,3-4,7-10,15H2,1-2H3. The summed E-state index contributed by atoms with van der Waals surface area (Å²) in [5.41, 5.74) is 3.91. The minimum atomic E-state index is 0.0503. The van der Waals surface area contributed by atoms with Crippen LogP contribution in [0.5, 0.6) is 0 Å². The van der Waals surface area contributed by atoms with Gasteiger partial charge in [-0.3, -0.25) is 9.59 Å². The summed E-state index contributed by atoms with van der Waals surface area (Å²) in [5.74, 6) is 0.800. The van der Waals surface area contributed by atoms with Gasteiger partial charge in [0.25, 0.3) is 5.91 Å². The van der Waals surface area contributed by atoms with Gasteiger partial charge in [-0.1, -0.05) is 6.07 Å². The van der Waals surface area contributed by atoms with Crippen LogP contribution >= 0.6 is 0 Å². The highest BCUT2D eigenvalue weighted by atomic mass is 16.2. The van der Waals surface area contributed by atoms with Crippen molar-refractivity contribution in [3.8, 4) is 0 Å². The Bertz CT molecular complexity index is 885. The van der Waals surface area contributed by atoms with Crippen molar-refractivity contribution < 1.29 is 9.59 Å². The van der Waals surface area contributed by atoms with Crippen LogP contribution in [0, 0.1) is 13.8 Å². The number of likely N-dealkylation sites (tertiary alicyclic amines) is 1. The van der Waals surface area contributed by atoms with Crippen molar-refractivity contribution in [1.29, 1.82) is 0 Å². The first kappa shape index (κ1) is 18.5.